The molecule has 1 aromatic carbocycles. The summed E-state index contributed by atoms with van der Waals surface area (Å²) in [6, 6.07) is 10.7. The largest absolute Gasteiger partial charge is 0.386 e. The third kappa shape index (κ3) is 3.45. The van der Waals surface area contributed by atoms with Gasteiger partial charge in [0.15, 0.2) is 5.82 Å². The monoisotopic (exact) mass is 361 g/mol. The van der Waals surface area contributed by atoms with E-state index in [1.807, 2.05) is 33.5 Å². The van der Waals surface area contributed by atoms with Crippen molar-refractivity contribution in [3.63, 3.8) is 0 Å². The van der Waals surface area contributed by atoms with Gasteiger partial charge in [0.2, 0.25) is 0 Å². The van der Waals surface area contributed by atoms with Crippen LogP contribution >= 0.6 is 0 Å². The number of hydrogen-bond donors (Lipinski definition) is 2. The van der Waals surface area contributed by atoms with E-state index in [0.29, 0.717) is 11.4 Å². The fourth-order valence-electron chi connectivity index (χ4n) is 2.82. The van der Waals surface area contributed by atoms with Crippen LogP contribution in [0.25, 0.3) is 11.3 Å². The highest BCUT2D eigenvalue weighted by molar-refractivity contribution is 6.03. The lowest BCUT2D eigenvalue weighted by Gasteiger charge is -2.17. The smallest absolute Gasteiger partial charge is 0.256 e. The van der Waals surface area contributed by atoms with Gasteiger partial charge in [-0.2, -0.15) is 0 Å². The van der Waals surface area contributed by atoms with Gasteiger partial charge in [-0.25, -0.2) is 9.97 Å². The zero-order valence-corrected chi connectivity index (χ0v) is 15.0. The first-order valence-electron chi connectivity index (χ1n) is 8.51. The molecule has 136 valence electrons. The Labute approximate surface area is 155 Å². The van der Waals surface area contributed by atoms with Crippen molar-refractivity contribution in [3.8, 4) is 5.69 Å². The second-order valence-corrected chi connectivity index (χ2v) is 6.84. The normalized spacial score (nSPS) is 11.7. The molecule has 3 heterocycles. The summed E-state index contributed by atoms with van der Waals surface area (Å²) in [6.45, 7) is 3.41. The third-order valence-electron chi connectivity index (χ3n) is 4.33. The Morgan fingerprint density at radius 3 is 2.56 bits per heavy atom. The molecular weight excluding hydrogens is 342 g/mol. The van der Waals surface area contributed by atoms with Crippen LogP contribution in [-0.4, -0.2) is 29.9 Å². The van der Waals surface area contributed by atoms with E-state index in [1.165, 1.54) is 0 Å². The Balaban J connectivity index is 1.55. The van der Waals surface area contributed by atoms with E-state index in [1.54, 1.807) is 56.8 Å². The van der Waals surface area contributed by atoms with Crippen molar-refractivity contribution in [1.82, 2.24) is 18.9 Å². The number of fused-ring (bicyclic) bond motifs is 1. The first-order chi connectivity index (χ1) is 12.9. The number of nitrogens with zero attached hydrogens (tertiary/aromatic N) is 4. The molecule has 2 N–H and O–H groups in total. The summed E-state index contributed by atoms with van der Waals surface area (Å²) in [5, 5.41) is 12.8. The maximum Gasteiger partial charge on any atom is 0.256 e. The number of pyridine rings is 1. The number of amides is 1. The van der Waals surface area contributed by atoms with Crippen LogP contribution in [-0.2, 0) is 5.60 Å². The molecular formula is C20H19N5O2. The molecule has 0 atom stereocenters. The number of benzene rings is 1. The van der Waals surface area contributed by atoms with Crippen LogP contribution in [0.3, 0.4) is 0 Å². The maximum absolute atomic E-state index is 12.5. The molecule has 3 aromatic heterocycles. The average Bonchev–Trinajstić information content (AvgIpc) is 3.29. The Morgan fingerprint density at radius 1 is 1.11 bits per heavy atom. The van der Waals surface area contributed by atoms with Gasteiger partial charge in [0.25, 0.3) is 5.91 Å². The molecule has 0 aliphatic rings. The van der Waals surface area contributed by atoms with E-state index >= 15 is 0 Å². The maximum atomic E-state index is 12.5. The van der Waals surface area contributed by atoms with Gasteiger partial charge in [-0.05, 0) is 43.7 Å². The molecule has 0 fully saturated rings. The van der Waals surface area contributed by atoms with Crippen molar-refractivity contribution < 1.29 is 9.90 Å². The summed E-state index contributed by atoms with van der Waals surface area (Å²) >= 11 is 0. The minimum Gasteiger partial charge on any atom is -0.386 e. The van der Waals surface area contributed by atoms with Crippen molar-refractivity contribution in [1.29, 1.82) is 0 Å². The molecule has 0 aliphatic heterocycles. The van der Waals surface area contributed by atoms with Gasteiger partial charge in [0.1, 0.15) is 5.65 Å². The number of rotatable bonds is 4. The first kappa shape index (κ1) is 17.0. The SMILES string of the molecule is CC(C)(O)c1ccc(C(=O)Nc2cn3cc(-n4ccnc4)ccc3n2)cc1. The number of carbonyl (C=O) groups excluding carboxylic acids is 1. The fraction of sp³-hybridized carbons (Fsp3) is 0.150. The highest BCUT2D eigenvalue weighted by Crippen LogP contribution is 2.20. The average molecular weight is 361 g/mol. The van der Waals surface area contributed by atoms with Crippen LogP contribution in [0.5, 0.6) is 0 Å². The number of imidazole rings is 2. The Kier molecular flexibility index (Phi) is 4.01. The highest BCUT2D eigenvalue weighted by Gasteiger charge is 2.16. The molecule has 0 radical (unpaired) electrons. The van der Waals surface area contributed by atoms with E-state index in [4.69, 9.17) is 0 Å². The molecule has 0 aliphatic carbocycles. The number of nitrogens with one attached hydrogen (secondary N) is 1. The predicted molar refractivity (Wildman–Crippen MR) is 102 cm³/mol. The molecule has 0 spiro atoms. The summed E-state index contributed by atoms with van der Waals surface area (Å²) in [6.07, 6.45) is 8.97. The molecule has 7 heteroatoms. The molecule has 4 aromatic rings. The van der Waals surface area contributed by atoms with E-state index in [0.717, 1.165) is 16.9 Å². The molecule has 4 rings (SSSR count). The van der Waals surface area contributed by atoms with Crippen molar-refractivity contribution >= 4 is 17.4 Å². The summed E-state index contributed by atoms with van der Waals surface area (Å²) in [7, 11) is 0. The zero-order valence-electron chi connectivity index (χ0n) is 15.0. The predicted octanol–water partition coefficient (Wildman–Crippen LogP) is 3.00. The summed E-state index contributed by atoms with van der Waals surface area (Å²) in [4.78, 5) is 20.9. The van der Waals surface area contributed by atoms with Crippen LogP contribution in [0, 0.1) is 0 Å². The number of aliphatic hydroxyl groups is 1. The number of hydrogen-bond acceptors (Lipinski definition) is 4. The molecule has 0 saturated heterocycles. The third-order valence-corrected chi connectivity index (χ3v) is 4.33. The van der Waals surface area contributed by atoms with Crippen LogP contribution in [0.4, 0.5) is 5.82 Å². The van der Waals surface area contributed by atoms with E-state index in [-0.39, 0.29) is 5.91 Å². The van der Waals surface area contributed by atoms with Gasteiger partial charge >= 0.3 is 0 Å². The van der Waals surface area contributed by atoms with E-state index in [2.05, 4.69) is 15.3 Å². The molecule has 0 unspecified atom stereocenters. The fourth-order valence-corrected chi connectivity index (χ4v) is 2.82. The van der Waals surface area contributed by atoms with Gasteiger partial charge in [-0.1, -0.05) is 12.1 Å². The van der Waals surface area contributed by atoms with Gasteiger partial charge < -0.3 is 19.4 Å². The van der Waals surface area contributed by atoms with Crippen molar-refractivity contribution in [3.05, 3.63) is 78.6 Å². The molecule has 7 nitrogen and oxygen atoms in total. The van der Waals surface area contributed by atoms with Crippen LogP contribution in [0.15, 0.2) is 67.5 Å². The lowest BCUT2D eigenvalue weighted by atomic mass is 9.97. The van der Waals surface area contributed by atoms with Crippen molar-refractivity contribution in [2.45, 2.75) is 19.4 Å². The van der Waals surface area contributed by atoms with E-state index < -0.39 is 5.60 Å². The summed E-state index contributed by atoms with van der Waals surface area (Å²) in [5.41, 5.74) is 1.98. The zero-order chi connectivity index (χ0) is 19.0. The lowest BCUT2D eigenvalue weighted by Crippen LogP contribution is -2.16. The summed E-state index contributed by atoms with van der Waals surface area (Å²) < 4.78 is 3.74. The topological polar surface area (TPSA) is 84.5 Å². The van der Waals surface area contributed by atoms with Crippen LogP contribution in [0.1, 0.15) is 29.8 Å². The van der Waals surface area contributed by atoms with E-state index in [9.17, 15) is 9.90 Å². The lowest BCUT2D eigenvalue weighted by molar-refractivity contribution is 0.0785. The number of carbonyl (C=O) groups is 1. The number of anilines is 1. The van der Waals surface area contributed by atoms with Gasteiger partial charge in [0.05, 0.1) is 23.8 Å². The first-order valence-corrected chi connectivity index (χ1v) is 8.51. The Hall–Kier alpha value is -3.45. The molecule has 0 saturated carbocycles. The van der Waals surface area contributed by atoms with Crippen LogP contribution < -0.4 is 5.32 Å². The minimum atomic E-state index is -0.941. The molecule has 27 heavy (non-hydrogen) atoms. The Bertz CT molecular complexity index is 1090. The second-order valence-electron chi connectivity index (χ2n) is 6.84. The van der Waals surface area contributed by atoms with Crippen molar-refractivity contribution in [2.24, 2.45) is 0 Å². The minimum absolute atomic E-state index is 0.254. The number of aromatic nitrogens is 4. The van der Waals surface area contributed by atoms with Gasteiger partial charge in [0, 0.05) is 24.2 Å². The van der Waals surface area contributed by atoms with Crippen LogP contribution in [0.2, 0.25) is 0 Å². The molecule has 1 amide bonds. The van der Waals surface area contributed by atoms with Crippen molar-refractivity contribution in [2.75, 3.05) is 5.32 Å². The quantitative estimate of drug-likeness (QED) is 0.585. The summed E-state index contributed by atoms with van der Waals surface area (Å²) in [5.74, 6) is 0.213. The van der Waals surface area contributed by atoms with Gasteiger partial charge in [-0.15, -0.1) is 0 Å². The second kappa shape index (κ2) is 6.37. The molecule has 0 bridgehead atoms. The Morgan fingerprint density at radius 2 is 1.89 bits per heavy atom. The van der Waals surface area contributed by atoms with Gasteiger partial charge in [-0.3, -0.25) is 4.79 Å². The standard InChI is InChI=1S/C20H19N5O2/c1-20(2,27)15-5-3-14(4-6-15)19(26)23-17-12-25-11-16(7-8-18(25)22-17)24-10-9-21-13-24/h3-13,27H,1-2H3,(H,23,26). The highest BCUT2D eigenvalue weighted by atomic mass is 16.3.